The van der Waals surface area contributed by atoms with Crippen LogP contribution in [0.1, 0.15) is 0 Å². The predicted molar refractivity (Wildman–Crippen MR) is 294 cm³/mol. The smallest absolute Gasteiger partial charge is 0.0891 e. The minimum Gasteiger partial charge on any atom is -0.252 e. The molecule has 322 valence electrons. The van der Waals surface area contributed by atoms with Gasteiger partial charge in [-0.15, -0.1) is 0 Å². The highest BCUT2D eigenvalue weighted by atomic mass is 14.8. The van der Waals surface area contributed by atoms with Gasteiger partial charge in [0.25, 0.3) is 0 Å². The second kappa shape index (κ2) is 15.1. The van der Waals surface area contributed by atoms with Gasteiger partial charge in [-0.3, -0.25) is 9.97 Å². The van der Waals surface area contributed by atoms with Crippen LogP contribution >= 0.6 is 0 Å². The molecule has 1 heterocycles. The topological polar surface area (TPSA) is 25.8 Å². The average Bonchev–Trinajstić information content (AvgIpc) is 3.95. The van der Waals surface area contributed by atoms with E-state index in [1.165, 1.54) is 132 Å². The van der Waals surface area contributed by atoms with Gasteiger partial charge in [-0.25, -0.2) is 0 Å². The molecule has 2 aliphatic carbocycles. The number of rotatable bonds is 6. The number of nitrogens with zero attached hydrogens (tertiary/aromatic N) is 2. The summed E-state index contributed by atoms with van der Waals surface area (Å²) in [6.07, 6.45) is 3.96. The summed E-state index contributed by atoms with van der Waals surface area (Å²) in [7, 11) is 0. The van der Waals surface area contributed by atoms with Gasteiger partial charge >= 0.3 is 0 Å². The molecule has 0 unspecified atom stereocenters. The first kappa shape index (κ1) is 38.8. The molecule has 0 radical (unpaired) electrons. The van der Waals surface area contributed by atoms with Gasteiger partial charge < -0.3 is 0 Å². The molecule has 0 bridgehead atoms. The van der Waals surface area contributed by atoms with E-state index in [2.05, 4.69) is 231 Å². The molecule has 1 aromatic heterocycles. The van der Waals surface area contributed by atoms with E-state index < -0.39 is 0 Å². The number of benzene rings is 12. The molecule has 2 aliphatic rings. The second-order valence-corrected chi connectivity index (χ2v) is 18.6. The van der Waals surface area contributed by atoms with Gasteiger partial charge in [-0.05, 0) is 132 Å². The molecule has 13 aromatic rings. The van der Waals surface area contributed by atoms with E-state index in [0.717, 1.165) is 22.5 Å². The summed E-state index contributed by atoms with van der Waals surface area (Å²) in [6.45, 7) is 0. The van der Waals surface area contributed by atoms with E-state index >= 15 is 0 Å². The quantitative estimate of drug-likeness (QED) is 0.166. The fourth-order valence-corrected chi connectivity index (χ4v) is 12.3. The highest BCUT2D eigenvalue weighted by Crippen LogP contribution is 2.60. The van der Waals surface area contributed by atoms with Crippen LogP contribution in [0.4, 0.5) is 0 Å². The molecule has 2 heteroatoms. The van der Waals surface area contributed by atoms with Crippen LogP contribution in [0.2, 0.25) is 0 Å². The Labute approximate surface area is 405 Å². The van der Waals surface area contributed by atoms with E-state index in [1.807, 2.05) is 12.4 Å². The fraction of sp³-hybridized carbons (Fsp3) is 0. The Morgan fingerprint density at radius 3 is 0.743 bits per heavy atom. The number of fused-ring (bicyclic) bond motifs is 8. The van der Waals surface area contributed by atoms with Crippen molar-refractivity contribution in [2.24, 2.45) is 0 Å². The summed E-state index contributed by atoms with van der Waals surface area (Å²) in [5.41, 5.74) is 24.0. The Hall–Kier alpha value is -9.24. The molecule has 0 saturated carbocycles. The third kappa shape index (κ3) is 5.50. The van der Waals surface area contributed by atoms with E-state index in [9.17, 15) is 0 Å². The van der Waals surface area contributed by atoms with Gasteiger partial charge in [-0.2, -0.15) is 0 Å². The number of hydrogen-bond donors (Lipinski definition) is 0. The van der Waals surface area contributed by atoms with Crippen molar-refractivity contribution in [3.63, 3.8) is 0 Å². The molecule has 0 saturated heterocycles. The van der Waals surface area contributed by atoms with E-state index in [-0.39, 0.29) is 0 Å². The van der Waals surface area contributed by atoms with Crippen LogP contribution in [0, 0.1) is 0 Å². The Morgan fingerprint density at radius 2 is 0.443 bits per heavy atom. The first-order valence-electron chi connectivity index (χ1n) is 24.1. The van der Waals surface area contributed by atoms with Crippen LogP contribution in [0.5, 0.6) is 0 Å². The van der Waals surface area contributed by atoms with Crippen molar-refractivity contribution in [2.75, 3.05) is 0 Å². The first-order valence-corrected chi connectivity index (χ1v) is 24.1. The van der Waals surface area contributed by atoms with Crippen molar-refractivity contribution in [2.45, 2.75) is 0 Å². The van der Waals surface area contributed by atoms with Crippen LogP contribution in [0.3, 0.4) is 0 Å². The maximum atomic E-state index is 5.27. The number of hydrogen-bond acceptors (Lipinski definition) is 2. The fourth-order valence-electron chi connectivity index (χ4n) is 12.3. The zero-order valence-electron chi connectivity index (χ0n) is 38.0. The SMILES string of the molecule is c1ccc(-c2c3c(c(-c4ccccc4)c4ccccc24)-c2ccc(-c4cnc(-c5ccc6c7c(cccc57)-c5c-6c(-c6ccccc6)c6ccccc6c5-c5ccccc5)cn4)c4cccc-3c24)cc1. The third-order valence-corrected chi connectivity index (χ3v) is 15.0. The molecule has 15 rings (SSSR count). The molecule has 0 fully saturated rings. The molecule has 2 nitrogen and oxygen atoms in total. The average molecular weight is 885 g/mol. The Morgan fingerprint density at radius 1 is 0.186 bits per heavy atom. The van der Waals surface area contributed by atoms with E-state index in [0.29, 0.717) is 0 Å². The van der Waals surface area contributed by atoms with Crippen molar-refractivity contribution in [3.05, 3.63) is 243 Å². The third-order valence-electron chi connectivity index (χ3n) is 15.0. The van der Waals surface area contributed by atoms with Gasteiger partial charge in [0.05, 0.1) is 23.8 Å². The minimum absolute atomic E-state index is 0.852. The van der Waals surface area contributed by atoms with Crippen LogP contribution < -0.4 is 0 Å². The lowest BCUT2D eigenvalue weighted by molar-refractivity contribution is 1.22. The molecule has 70 heavy (non-hydrogen) atoms. The monoisotopic (exact) mass is 884 g/mol. The Bertz CT molecular complexity index is 3830. The van der Waals surface area contributed by atoms with Crippen molar-refractivity contribution >= 4 is 43.1 Å². The largest absolute Gasteiger partial charge is 0.252 e. The Balaban J connectivity index is 0.903. The molecule has 0 spiro atoms. The summed E-state index contributed by atoms with van der Waals surface area (Å²) < 4.78 is 0. The lowest BCUT2D eigenvalue weighted by Crippen LogP contribution is -1.93. The molecule has 0 atom stereocenters. The van der Waals surface area contributed by atoms with Crippen LogP contribution in [0.15, 0.2) is 243 Å². The molecule has 0 aliphatic heterocycles. The normalized spacial score (nSPS) is 12.0. The zero-order chi connectivity index (χ0) is 45.9. The van der Waals surface area contributed by atoms with Gasteiger partial charge in [0.2, 0.25) is 0 Å². The predicted octanol–water partition coefficient (Wildman–Crippen LogP) is 18.4. The van der Waals surface area contributed by atoms with Crippen molar-refractivity contribution in [1.29, 1.82) is 0 Å². The van der Waals surface area contributed by atoms with Gasteiger partial charge in [0.15, 0.2) is 0 Å². The molecule has 0 amide bonds. The summed E-state index contributed by atoms with van der Waals surface area (Å²) in [5.74, 6) is 0. The van der Waals surface area contributed by atoms with Crippen LogP contribution in [-0.4, -0.2) is 9.97 Å². The minimum atomic E-state index is 0.852. The summed E-state index contributed by atoms with van der Waals surface area (Å²) in [6, 6.07) is 84.3. The molecule has 0 N–H and O–H groups in total. The molecule has 12 aromatic carbocycles. The highest BCUT2D eigenvalue weighted by Gasteiger charge is 2.33. The van der Waals surface area contributed by atoms with Gasteiger partial charge in [0, 0.05) is 11.1 Å². The zero-order valence-corrected chi connectivity index (χ0v) is 38.0. The molecular formula is C68H40N2. The Kier molecular flexibility index (Phi) is 8.39. The highest BCUT2D eigenvalue weighted by molar-refractivity contribution is 6.30. The summed E-state index contributed by atoms with van der Waals surface area (Å²) in [5, 5.41) is 9.89. The second-order valence-electron chi connectivity index (χ2n) is 18.6. The standard InChI is InChI=1S/C68H40N2/c1-5-19-41(20-6-1)59-49-27-13-15-29-51(49)61(43-23-9-3-10-24-43)67-55-37-35-45(47-31-17-33-53(63(47)55)65(59)67)57-39-70-58(40-69-57)46-36-38-56-64-48(46)32-18-34-54(64)66-60(42-21-7-2-8-22-42)50-28-14-16-30-52(50)62(68(56)66)44-25-11-4-12-26-44/h1-40H. The van der Waals surface area contributed by atoms with Crippen LogP contribution in [0.25, 0.3) is 155 Å². The first-order chi connectivity index (χ1) is 34.8. The van der Waals surface area contributed by atoms with Crippen molar-refractivity contribution < 1.29 is 0 Å². The summed E-state index contributed by atoms with van der Waals surface area (Å²) >= 11 is 0. The lowest BCUT2D eigenvalue weighted by atomic mass is 9.82. The lowest BCUT2D eigenvalue weighted by Gasteiger charge is -2.20. The van der Waals surface area contributed by atoms with E-state index in [1.54, 1.807) is 0 Å². The van der Waals surface area contributed by atoms with Gasteiger partial charge in [0.1, 0.15) is 0 Å². The summed E-state index contributed by atoms with van der Waals surface area (Å²) in [4.78, 5) is 10.5. The molecular weight excluding hydrogens is 845 g/mol. The van der Waals surface area contributed by atoms with Crippen LogP contribution in [-0.2, 0) is 0 Å². The maximum Gasteiger partial charge on any atom is 0.0891 e. The van der Waals surface area contributed by atoms with Gasteiger partial charge in [-0.1, -0.05) is 231 Å². The van der Waals surface area contributed by atoms with Crippen molar-refractivity contribution in [3.8, 4) is 112 Å². The number of aromatic nitrogens is 2. The van der Waals surface area contributed by atoms with Crippen molar-refractivity contribution in [1.82, 2.24) is 9.97 Å². The van der Waals surface area contributed by atoms with E-state index in [4.69, 9.17) is 9.97 Å². The maximum absolute atomic E-state index is 5.27.